The molecule has 4 nitrogen and oxygen atoms in total. The molecule has 2 aromatic rings. The Bertz CT molecular complexity index is 745. The van der Waals surface area contributed by atoms with Crippen LogP contribution in [0.3, 0.4) is 0 Å². The van der Waals surface area contributed by atoms with E-state index in [1.807, 2.05) is 29.5 Å². The summed E-state index contributed by atoms with van der Waals surface area (Å²) in [5.41, 5.74) is 7.11. The quantitative estimate of drug-likeness (QED) is 0.424. The lowest BCUT2D eigenvalue weighted by molar-refractivity contribution is 0.487. The third kappa shape index (κ3) is 3.44. The zero-order valence-electron chi connectivity index (χ0n) is 10.4. The van der Waals surface area contributed by atoms with Crippen molar-refractivity contribution in [3.8, 4) is 5.75 Å². The molecule has 0 aliphatic carbocycles. The normalized spacial score (nSPS) is 11.3. The van der Waals surface area contributed by atoms with E-state index in [0.717, 1.165) is 5.56 Å². The van der Waals surface area contributed by atoms with E-state index < -0.39 is 10.1 Å². The van der Waals surface area contributed by atoms with Crippen LogP contribution in [0, 0.1) is 10.5 Å². The highest BCUT2D eigenvalue weighted by atomic mass is 127. The van der Waals surface area contributed by atoms with E-state index in [2.05, 4.69) is 15.9 Å². The van der Waals surface area contributed by atoms with Gasteiger partial charge in [0, 0.05) is 8.04 Å². The number of aryl methyl sites for hydroxylation is 1. The van der Waals surface area contributed by atoms with E-state index in [-0.39, 0.29) is 10.6 Å². The number of benzene rings is 2. The summed E-state index contributed by atoms with van der Waals surface area (Å²) >= 11 is 5.30. The fourth-order valence-electron chi connectivity index (χ4n) is 1.50. The molecule has 0 aromatic heterocycles. The minimum atomic E-state index is -3.89. The number of hydrogen-bond donors (Lipinski definition) is 1. The zero-order valence-corrected chi connectivity index (χ0v) is 15.0. The van der Waals surface area contributed by atoms with Crippen LogP contribution >= 0.6 is 38.5 Å². The monoisotopic (exact) mass is 467 g/mol. The first-order valence-electron chi connectivity index (χ1n) is 5.55. The average molecular weight is 468 g/mol. The van der Waals surface area contributed by atoms with Gasteiger partial charge in [0.25, 0.3) is 0 Å². The first-order chi connectivity index (χ1) is 9.29. The van der Waals surface area contributed by atoms with Crippen LogP contribution in [0.5, 0.6) is 5.75 Å². The average Bonchev–Trinajstić information content (AvgIpc) is 2.35. The number of hydrogen-bond acceptors (Lipinski definition) is 4. The SMILES string of the molecule is Cc1ccc(S(=O)(=O)Oc2cc(Br)cc(I)c2N)cc1. The molecule has 0 radical (unpaired) electrons. The molecule has 0 bridgehead atoms. The van der Waals surface area contributed by atoms with Gasteiger partial charge in [0.05, 0.1) is 5.69 Å². The topological polar surface area (TPSA) is 69.4 Å². The molecule has 2 aromatic carbocycles. The van der Waals surface area contributed by atoms with E-state index >= 15 is 0 Å². The molecule has 2 rings (SSSR count). The van der Waals surface area contributed by atoms with Crippen molar-refractivity contribution in [2.24, 2.45) is 0 Å². The maximum absolute atomic E-state index is 12.2. The van der Waals surface area contributed by atoms with Gasteiger partial charge in [0.2, 0.25) is 0 Å². The third-order valence-corrected chi connectivity index (χ3v) is 5.16. The Balaban J connectivity index is 2.41. The van der Waals surface area contributed by atoms with Crippen molar-refractivity contribution in [1.29, 1.82) is 0 Å². The largest absolute Gasteiger partial charge is 0.395 e. The summed E-state index contributed by atoms with van der Waals surface area (Å²) in [6.45, 7) is 1.88. The fraction of sp³-hybridized carbons (Fsp3) is 0.0769. The first kappa shape index (κ1) is 15.6. The summed E-state index contributed by atoms with van der Waals surface area (Å²) in [7, 11) is -3.89. The summed E-state index contributed by atoms with van der Waals surface area (Å²) in [5.74, 6) is 0.115. The summed E-state index contributed by atoms with van der Waals surface area (Å²) in [6.07, 6.45) is 0. The Morgan fingerprint density at radius 1 is 1.20 bits per heavy atom. The Hall–Kier alpha value is -0.800. The van der Waals surface area contributed by atoms with Gasteiger partial charge in [-0.3, -0.25) is 0 Å². The van der Waals surface area contributed by atoms with Crippen molar-refractivity contribution in [1.82, 2.24) is 0 Å². The van der Waals surface area contributed by atoms with Crippen LogP contribution in [0.4, 0.5) is 5.69 Å². The minimum absolute atomic E-state index is 0.0949. The van der Waals surface area contributed by atoms with Crippen molar-refractivity contribution in [2.75, 3.05) is 5.73 Å². The van der Waals surface area contributed by atoms with Crippen molar-refractivity contribution in [3.05, 3.63) is 50.0 Å². The molecular weight excluding hydrogens is 457 g/mol. The van der Waals surface area contributed by atoms with Crippen LogP contribution in [-0.4, -0.2) is 8.42 Å². The van der Waals surface area contributed by atoms with Gasteiger partial charge < -0.3 is 9.92 Å². The first-order valence-corrected chi connectivity index (χ1v) is 8.83. The van der Waals surface area contributed by atoms with Crippen molar-refractivity contribution in [3.63, 3.8) is 0 Å². The van der Waals surface area contributed by atoms with Crippen molar-refractivity contribution >= 4 is 54.3 Å². The van der Waals surface area contributed by atoms with E-state index in [9.17, 15) is 8.42 Å². The number of nitrogen functional groups attached to an aromatic ring is 1. The standard InChI is InChI=1S/C13H11BrINO3S/c1-8-2-4-10(5-3-8)20(17,18)19-12-7-9(14)6-11(15)13(12)16/h2-7H,16H2,1H3. The highest BCUT2D eigenvalue weighted by Crippen LogP contribution is 2.33. The van der Waals surface area contributed by atoms with Crippen molar-refractivity contribution in [2.45, 2.75) is 11.8 Å². The zero-order chi connectivity index (χ0) is 14.9. The Morgan fingerprint density at radius 2 is 1.80 bits per heavy atom. The lowest BCUT2D eigenvalue weighted by Crippen LogP contribution is -2.11. The second-order valence-electron chi connectivity index (χ2n) is 4.15. The van der Waals surface area contributed by atoms with Gasteiger partial charge in [0.1, 0.15) is 4.90 Å². The second-order valence-corrected chi connectivity index (χ2v) is 7.77. The Labute approximate surface area is 139 Å². The lowest BCUT2D eigenvalue weighted by Gasteiger charge is -2.11. The van der Waals surface area contributed by atoms with Crippen LogP contribution in [0.25, 0.3) is 0 Å². The predicted octanol–water partition coefficient (Wildman–Crippen LogP) is 3.71. The molecule has 0 aliphatic heterocycles. The van der Waals surface area contributed by atoms with Crippen LogP contribution < -0.4 is 9.92 Å². The number of nitrogens with two attached hydrogens (primary N) is 1. The van der Waals surface area contributed by atoms with Gasteiger partial charge in [-0.1, -0.05) is 33.6 Å². The fourth-order valence-corrected chi connectivity index (χ4v) is 3.91. The molecule has 7 heteroatoms. The third-order valence-electron chi connectivity index (χ3n) is 2.57. The number of rotatable bonds is 3. The molecule has 0 atom stereocenters. The molecule has 0 unspecified atom stereocenters. The maximum atomic E-state index is 12.2. The predicted molar refractivity (Wildman–Crippen MR) is 90.3 cm³/mol. The maximum Gasteiger partial charge on any atom is 0.339 e. The molecule has 0 fully saturated rings. The Kier molecular flexibility index (Phi) is 4.60. The summed E-state index contributed by atoms with van der Waals surface area (Å²) < 4.78 is 30.9. The molecule has 0 aliphatic rings. The Morgan fingerprint density at radius 3 is 2.40 bits per heavy atom. The van der Waals surface area contributed by atoms with E-state index in [0.29, 0.717) is 13.7 Å². The molecule has 0 saturated carbocycles. The summed E-state index contributed by atoms with van der Waals surface area (Å²) in [4.78, 5) is 0.0949. The minimum Gasteiger partial charge on any atom is -0.395 e. The molecule has 0 amide bonds. The molecule has 0 heterocycles. The smallest absolute Gasteiger partial charge is 0.339 e. The molecule has 106 valence electrons. The van der Waals surface area contributed by atoms with Crippen molar-refractivity contribution < 1.29 is 12.6 Å². The molecule has 0 saturated heterocycles. The van der Waals surface area contributed by atoms with E-state index in [1.54, 1.807) is 18.2 Å². The second kappa shape index (κ2) is 5.90. The molecule has 2 N–H and O–H groups in total. The van der Waals surface area contributed by atoms with Crippen LogP contribution in [0.2, 0.25) is 0 Å². The summed E-state index contributed by atoms with van der Waals surface area (Å²) in [6, 6.07) is 9.74. The van der Waals surface area contributed by atoms with Crippen LogP contribution in [-0.2, 0) is 10.1 Å². The van der Waals surface area contributed by atoms with Gasteiger partial charge in [-0.25, -0.2) is 0 Å². The van der Waals surface area contributed by atoms with Gasteiger partial charge in [0.15, 0.2) is 5.75 Å². The van der Waals surface area contributed by atoms with Gasteiger partial charge >= 0.3 is 10.1 Å². The van der Waals surface area contributed by atoms with Gasteiger partial charge in [-0.15, -0.1) is 0 Å². The summed E-state index contributed by atoms with van der Waals surface area (Å²) in [5, 5.41) is 0. The lowest BCUT2D eigenvalue weighted by atomic mass is 10.2. The highest BCUT2D eigenvalue weighted by Gasteiger charge is 2.19. The van der Waals surface area contributed by atoms with Gasteiger partial charge in [-0.2, -0.15) is 8.42 Å². The van der Waals surface area contributed by atoms with E-state index in [4.69, 9.17) is 9.92 Å². The number of anilines is 1. The van der Waals surface area contributed by atoms with Crippen LogP contribution in [0.15, 0.2) is 45.8 Å². The van der Waals surface area contributed by atoms with Gasteiger partial charge in [-0.05, 0) is 53.8 Å². The molecule has 20 heavy (non-hydrogen) atoms. The molecule has 0 spiro atoms. The van der Waals surface area contributed by atoms with Crippen LogP contribution in [0.1, 0.15) is 5.56 Å². The molecular formula is C13H11BrINO3S. The van der Waals surface area contributed by atoms with E-state index in [1.165, 1.54) is 18.2 Å². The highest BCUT2D eigenvalue weighted by molar-refractivity contribution is 14.1. The number of halogens is 2.